The molecule has 0 aliphatic rings. The number of carbonyl (C=O) groups is 1. The summed E-state index contributed by atoms with van der Waals surface area (Å²) in [5.74, 6) is 0.975. The maximum atomic E-state index is 13.1. The van der Waals surface area contributed by atoms with Crippen LogP contribution < -0.4 is 14.8 Å². The molecule has 0 saturated carbocycles. The van der Waals surface area contributed by atoms with E-state index in [1.54, 1.807) is 37.4 Å². The van der Waals surface area contributed by atoms with Crippen LogP contribution in [0.2, 0.25) is 0 Å². The van der Waals surface area contributed by atoms with Crippen molar-refractivity contribution in [2.24, 2.45) is 0 Å². The lowest BCUT2D eigenvalue weighted by Crippen LogP contribution is -2.16. The summed E-state index contributed by atoms with van der Waals surface area (Å²) in [6.07, 6.45) is 0.190. The van der Waals surface area contributed by atoms with Gasteiger partial charge in [0.05, 0.1) is 25.2 Å². The van der Waals surface area contributed by atoms with Gasteiger partial charge in [0.2, 0.25) is 0 Å². The van der Waals surface area contributed by atoms with Crippen molar-refractivity contribution in [1.29, 1.82) is 0 Å². The highest BCUT2D eigenvalue weighted by atomic mass is 16.6. The van der Waals surface area contributed by atoms with Gasteiger partial charge in [-0.3, -0.25) is 14.9 Å². The minimum Gasteiger partial charge on any atom is -0.493 e. The summed E-state index contributed by atoms with van der Waals surface area (Å²) in [5, 5.41) is 14.2. The molecule has 3 aromatic rings. The molecule has 1 atom stereocenters. The lowest BCUT2D eigenvalue weighted by atomic mass is 9.96. The van der Waals surface area contributed by atoms with Crippen LogP contribution in [-0.2, 0) is 0 Å². The van der Waals surface area contributed by atoms with E-state index in [0.717, 1.165) is 11.1 Å². The average Bonchev–Trinajstić information content (AvgIpc) is 2.79. The van der Waals surface area contributed by atoms with Gasteiger partial charge < -0.3 is 14.8 Å². The first-order chi connectivity index (χ1) is 14.9. The third-order valence-corrected chi connectivity index (χ3v) is 4.99. The number of rotatable bonds is 9. The quantitative estimate of drug-likeness (QED) is 0.285. The molecule has 0 aliphatic heterocycles. The van der Waals surface area contributed by atoms with E-state index in [9.17, 15) is 14.9 Å². The van der Waals surface area contributed by atoms with E-state index >= 15 is 0 Å². The molecular weight excluding hydrogens is 396 g/mol. The molecule has 31 heavy (non-hydrogen) atoms. The van der Waals surface area contributed by atoms with E-state index in [4.69, 9.17) is 9.47 Å². The SMILES string of the molecule is COc1ccc(C(=O)CC(Nc2ccc([N+](=O)[O-])cc2)c2ccc(C)cc2)cc1OC. The van der Waals surface area contributed by atoms with E-state index in [0.29, 0.717) is 22.7 Å². The van der Waals surface area contributed by atoms with Gasteiger partial charge >= 0.3 is 0 Å². The van der Waals surface area contributed by atoms with Gasteiger partial charge in [-0.1, -0.05) is 29.8 Å². The summed E-state index contributed by atoms with van der Waals surface area (Å²) in [5.41, 5.74) is 3.28. The van der Waals surface area contributed by atoms with Crippen molar-refractivity contribution in [3.63, 3.8) is 0 Å². The number of benzene rings is 3. The number of ketones is 1. The first-order valence-corrected chi connectivity index (χ1v) is 9.74. The number of nitro benzene ring substituents is 1. The van der Waals surface area contributed by atoms with Crippen molar-refractivity contribution in [3.8, 4) is 11.5 Å². The second kappa shape index (κ2) is 9.75. The number of nitrogens with one attached hydrogen (secondary N) is 1. The van der Waals surface area contributed by atoms with Crippen LogP contribution in [0.5, 0.6) is 11.5 Å². The van der Waals surface area contributed by atoms with Crippen LogP contribution in [-0.4, -0.2) is 24.9 Å². The van der Waals surface area contributed by atoms with Gasteiger partial charge in [0.15, 0.2) is 17.3 Å². The van der Waals surface area contributed by atoms with Gasteiger partial charge in [-0.05, 0) is 42.8 Å². The Morgan fingerprint density at radius 2 is 1.61 bits per heavy atom. The van der Waals surface area contributed by atoms with E-state index in [-0.39, 0.29) is 23.9 Å². The number of hydrogen-bond acceptors (Lipinski definition) is 6. The van der Waals surface area contributed by atoms with Crippen LogP contribution in [0, 0.1) is 17.0 Å². The fourth-order valence-corrected chi connectivity index (χ4v) is 3.24. The molecule has 1 unspecified atom stereocenters. The molecule has 7 nitrogen and oxygen atoms in total. The summed E-state index contributed by atoms with van der Waals surface area (Å²) >= 11 is 0. The van der Waals surface area contributed by atoms with E-state index in [1.807, 2.05) is 31.2 Å². The minimum absolute atomic E-state index is 0.0128. The molecule has 0 aliphatic carbocycles. The van der Waals surface area contributed by atoms with Crippen molar-refractivity contribution < 1.29 is 19.2 Å². The lowest BCUT2D eigenvalue weighted by molar-refractivity contribution is -0.384. The fraction of sp³-hybridized carbons (Fsp3) is 0.208. The molecule has 0 spiro atoms. The Morgan fingerprint density at radius 3 is 2.19 bits per heavy atom. The number of non-ortho nitro benzene ring substituents is 1. The van der Waals surface area contributed by atoms with Crippen molar-refractivity contribution >= 4 is 17.2 Å². The standard InChI is InChI=1S/C24H24N2O5/c1-16-4-6-17(7-5-16)21(25-19-9-11-20(12-10-19)26(28)29)15-22(27)18-8-13-23(30-2)24(14-18)31-3/h4-14,21,25H,15H2,1-3H3. The van der Waals surface area contributed by atoms with Gasteiger partial charge in [0, 0.05) is 29.8 Å². The Bertz CT molecular complexity index is 1060. The predicted molar refractivity (Wildman–Crippen MR) is 119 cm³/mol. The molecule has 1 N–H and O–H groups in total. The van der Waals surface area contributed by atoms with Crippen LogP contribution in [0.3, 0.4) is 0 Å². The normalized spacial score (nSPS) is 11.5. The highest BCUT2D eigenvalue weighted by Gasteiger charge is 2.19. The maximum absolute atomic E-state index is 13.1. The molecule has 7 heteroatoms. The topological polar surface area (TPSA) is 90.7 Å². The smallest absolute Gasteiger partial charge is 0.269 e. The molecule has 0 heterocycles. The number of nitro groups is 1. The zero-order chi connectivity index (χ0) is 22.4. The molecule has 0 amide bonds. The summed E-state index contributed by atoms with van der Waals surface area (Å²) in [7, 11) is 3.07. The van der Waals surface area contributed by atoms with Crippen molar-refractivity contribution in [2.45, 2.75) is 19.4 Å². The fourth-order valence-electron chi connectivity index (χ4n) is 3.24. The van der Waals surface area contributed by atoms with Crippen LogP contribution in [0.15, 0.2) is 66.7 Å². The molecule has 3 aromatic carbocycles. The third-order valence-electron chi connectivity index (χ3n) is 4.99. The number of aryl methyl sites for hydroxylation is 1. The largest absolute Gasteiger partial charge is 0.493 e. The highest BCUT2D eigenvalue weighted by Crippen LogP contribution is 2.30. The van der Waals surface area contributed by atoms with E-state index in [2.05, 4.69) is 5.32 Å². The summed E-state index contributed by atoms with van der Waals surface area (Å²) in [4.78, 5) is 23.5. The second-order valence-corrected chi connectivity index (χ2v) is 7.11. The van der Waals surface area contributed by atoms with Crippen molar-refractivity contribution in [2.75, 3.05) is 19.5 Å². The molecule has 160 valence electrons. The third kappa shape index (κ3) is 5.39. The highest BCUT2D eigenvalue weighted by molar-refractivity contribution is 5.97. The monoisotopic (exact) mass is 420 g/mol. The number of anilines is 1. The zero-order valence-corrected chi connectivity index (χ0v) is 17.6. The molecule has 0 fully saturated rings. The zero-order valence-electron chi connectivity index (χ0n) is 17.6. The number of carbonyl (C=O) groups excluding carboxylic acids is 1. The van der Waals surface area contributed by atoms with Crippen LogP contribution in [0.4, 0.5) is 11.4 Å². The Kier molecular flexibility index (Phi) is 6.87. The van der Waals surface area contributed by atoms with Crippen LogP contribution in [0.25, 0.3) is 0 Å². The summed E-state index contributed by atoms with van der Waals surface area (Å²) < 4.78 is 10.5. The van der Waals surface area contributed by atoms with Crippen LogP contribution >= 0.6 is 0 Å². The van der Waals surface area contributed by atoms with Gasteiger partial charge in [-0.2, -0.15) is 0 Å². The number of hydrogen-bond donors (Lipinski definition) is 1. The predicted octanol–water partition coefficient (Wildman–Crippen LogP) is 5.35. The van der Waals surface area contributed by atoms with Crippen molar-refractivity contribution in [3.05, 3.63) is 93.5 Å². The van der Waals surface area contributed by atoms with Crippen LogP contribution in [0.1, 0.15) is 33.9 Å². The van der Waals surface area contributed by atoms with E-state index < -0.39 is 4.92 Å². The second-order valence-electron chi connectivity index (χ2n) is 7.11. The van der Waals surface area contributed by atoms with E-state index in [1.165, 1.54) is 19.2 Å². The number of ether oxygens (including phenoxy) is 2. The van der Waals surface area contributed by atoms with Gasteiger partial charge in [-0.15, -0.1) is 0 Å². The lowest BCUT2D eigenvalue weighted by Gasteiger charge is -2.20. The Balaban J connectivity index is 1.86. The van der Waals surface area contributed by atoms with Gasteiger partial charge in [0.1, 0.15) is 0 Å². The average molecular weight is 420 g/mol. The molecular formula is C24H24N2O5. The maximum Gasteiger partial charge on any atom is 0.269 e. The first kappa shape index (κ1) is 21.8. The molecule has 0 bridgehead atoms. The number of Topliss-reactive ketones (excluding diaryl/α,β-unsaturated/α-hetero) is 1. The number of methoxy groups -OCH3 is 2. The molecule has 3 rings (SSSR count). The number of nitrogens with zero attached hydrogens (tertiary/aromatic N) is 1. The summed E-state index contributed by atoms with van der Waals surface area (Å²) in [6.45, 7) is 2.00. The van der Waals surface area contributed by atoms with Gasteiger partial charge in [0.25, 0.3) is 5.69 Å². The first-order valence-electron chi connectivity index (χ1n) is 9.74. The summed E-state index contributed by atoms with van der Waals surface area (Å²) in [6, 6.07) is 18.8. The Morgan fingerprint density at radius 1 is 0.968 bits per heavy atom. The Hall–Kier alpha value is -3.87. The molecule has 0 radical (unpaired) electrons. The minimum atomic E-state index is -0.443. The van der Waals surface area contributed by atoms with Crippen molar-refractivity contribution in [1.82, 2.24) is 0 Å². The Labute approximate surface area is 180 Å². The van der Waals surface area contributed by atoms with Gasteiger partial charge in [-0.25, -0.2) is 0 Å². The molecule has 0 aromatic heterocycles. The molecule has 0 saturated heterocycles.